The number of nitrogens with one attached hydrogen (secondary N) is 1. The highest BCUT2D eigenvalue weighted by Crippen LogP contribution is 2.32. The molecule has 0 aliphatic carbocycles. The molecule has 4 heteroatoms. The molecule has 0 aromatic heterocycles. The van der Waals surface area contributed by atoms with Gasteiger partial charge >= 0.3 is 0 Å². The van der Waals surface area contributed by atoms with E-state index in [-0.39, 0.29) is 17.7 Å². The summed E-state index contributed by atoms with van der Waals surface area (Å²) in [7, 11) is 0. The molecule has 0 unspecified atom stereocenters. The van der Waals surface area contributed by atoms with Crippen LogP contribution in [0.5, 0.6) is 0 Å². The third-order valence-electron chi connectivity index (χ3n) is 3.81. The number of hydrogen-bond donors (Lipinski definition) is 1. The summed E-state index contributed by atoms with van der Waals surface area (Å²) >= 11 is 1.65. The van der Waals surface area contributed by atoms with E-state index in [2.05, 4.69) is 5.32 Å². The van der Waals surface area contributed by atoms with E-state index in [9.17, 15) is 8.78 Å². The Morgan fingerprint density at radius 1 is 0.750 bits per heavy atom. The lowest BCUT2D eigenvalue weighted by atomic mass is 9.98. The Hall–Kier alpha value is -2.33. The minimum absolute atomic E-state index is 0.195. The second-order valence-electron chi connectivity index (χ2n) is 5.38. The van der Waals surface area contributed by atoms with E-state index in [0.717, 1.165) is 21.7 Å². The monoisotopic (exact) mass is 341 g/mol. The van der Waals surface area contributed by atoms with Crippen LogP contribution in [0.15, 0.2) is 77.7 Å². The molecule has 3 aromatic rings. The van der Waals surface area contributed by atoms with Gasteiger partial charge in [-0.3, -0.25) is 0 Å². The molecule has 0 atom stereocenters. The maximum atomic E-state index is 13.3. The minimum atomic E-state index is -0.277. The van der Waals surface area contributed by atoms with E-state index in [1.54, 1.807) is 36.0 Å². The average Bonchev–Trinajstić information content (AvgIpc) is 2.62. The lowest BCUT2D eigenvalue weighted by molar-refractivity contribution is 0.625. The van der Waals surface area contributed by atoms with Crippen molar-refractivity contribution in [2.75, 3.05) is 11.6 Å². The third-order valence-corrected chi connectivity index (χ3v) is 4.61. The molecule has 0 spiro atoms. The Kier molecular flexibility index (Phi) is 5.16. The van der Waals surface area contributed by atoms with Gasteiger partial charge in [0.15, 0.2) is 0 Å². The second kappa shape index (κ2) is 7.49. The molecule has 0 saturated carbocycles. The summed E-state index contributed by atoms with van der Waals surface area (Å²) in [4.78, 5) is 1.12. The number of thioether (sulfide) groups is 1. The first-order valence-electron chi connectivity index (χ1n) is 7.58. The summed E-state index contributed by atoms with van der Waals surface area (Å²) in [5, 5.41) is 3.50. The highest BCUT2D eigenvalue weighted by molar-refractivity contribution is 7.98. The van der Waals surface area contributed by atoms with Crippen molar-refractivity contribution < 1.29 is 8.78 Å². The van der Waals surface area contributed by atoms with Gasteiger partial charge in [0, 0.05) is 10.6 Å². The Balaban J connectivity index is 2.01. The van der Waals surface area contributed by atoms with Gasteiger partial charge in [-0.15, -0.1) is 11.8 Å². The first-order chi connectivity index (χ1) is 11.7. The lowest BCUT2D eigenvalue weighted by Gasteiger charge is -2.22. The number of para-hydroxylation sites is 1. The SMILES string of the molecule is CSc1ccccc1NC(c1ccc(F)cc1)c1ccc(F)cc1. The van der Waals surface area contributed by atoms with Crippen LogP contribution in [0.25, 0.3) is 0 Å². The van der Waals surface area contributed by atoms with Crippen molar-refractivity contribution in [2.45, 2.75) is 10.9 Å². The van der Waals surface area contributed by atoms with Gasteiger partial charge < -0.3 is 5.32 Å². The number of halogens is 2. The predicted octanol–water partition coefficient (Wildman–Crippen LogP) is 5.89. The molecule has 0 saturated heterocycles. The Morgan fingerprint density at radius 2 is 1.25 bits per heavy atom. The highest BCUT2D eigenvalue weighted by atomic mass is 32.2. The van der Waals surface area contributed by atoms with Gasteiger partial charge in [0.05, 0.1) is 6.04 Å². The van der Waals surface area contributed by atoms with Crippen molar-refractivity contribution in [3.63, 3.8) is 0 Å². The molecule has 1 N–H and O–H groups in total. The summed E-state index contributed by atoms with van der Waals surface area (Å²) in [6.45, 7) is 0. The molecule has 1 nitrogen and oxygen atoms in total. The molecule has 0 bridgehead atoms. The Bertz CT molecular complexity index is 755. The van der Waals surface area contributed by atoms with Crippen LogP contribution in [0.4, 0.5) is 14.5 Å². The van der Waals surface area contributed by atoms with Crippen LogP contribution in [-0.4, -0.2) is 6.26 Å². The quantitative estimate of drug-likeness (QED) is 0.581. The topological polar surface area (TPSA) is 12.0 Å². The molecule has 0 heterocycles. The molecule has 0 radical (unpaired) electrons. The van der Waals surface area contributed by atoms with Gasteiger partial charge in [-0.2, -0.15) is 0 Å². The van der Waals surface area contributed by atoms with E-state index >= 15 is 0 Å². The van der Waals surface area contributed by atoms with Crippen molar-refractivity contribution in [3.05, 3.63) is 95.6 Å². The molecule has 0 amide bonds. The van der Waals surface area contributed by atoms with Crippen molar-refractivity contribution in [3.8, 4) is 0 Å². The van der Waals surface area contributed by atoms with Crippen LogP contribution < -0.4 is 5.32 Å². The molecule has 0 aliphatic heterocycles. The zero-order valence-electron chi connectivity index (χ0n) is 13.2. The van der Waals surface area contributed by atoms with Gasteiger partial charge in [-0.1, -0.05) is 36.4 Å². The highest BCUT2D eigenvalue weighted by Gasteiger charge is 2.16. The largest absolute Gasteiger partial charge is 0.373 e. The first-order valence-corrected chi connectivity index (χ1v) is 8.80. The van der Waals surface area contributed by atoms with Crippen LogP contribution >= 0.6 is 11.8 Å². The van der Waals surface area contributed by atoms with Gasteiger partial charge in [0.25, 0.3) is 0 Å². The van der Waals surface area contributed by atoms with Gasteiger partial charge in [-0.05, 0) is 53.8 Å². The van der Waals surface area contributed by atoms with Gasteiger partial charge in [0.1, 0.15) is 11.6 Å². The van der Waals surface area contributed by atoms with Crippen molar-refractivity contribution in [1.82, 2.24) is 0 Å². The normalized spacial score (nSPS) is 10.8. The predicted molar refractivity (Wildman–Crippen MR) is 96.5 cm³/mol. The fourth-order valence-electron chi connectivity index (χ4n) is 2.59. The van der Waals surface area contributed by atoms with Gasteiger partial charge in [-0.25, -0.2) is 8.78 Å². The number of rotatable bonds is 5. The molecule has 122 valence electrons. The number of anilines is 1. The van der Waals surface area contributed by atoms with Crippen LogP contribution in [-0.2, 0) is 0 Å². The fraction of sp³-hybridized carbons (Fsp3) is 0.100. The zero-order chi connectivity index (χ0) is 16.9. The summed E-state index contributed by atoms with van der Waals surface area (Å²) in [6, 6.07) is 20.6. The summed E-state index contributed by atoms with van der Waals surface area (Å²) in [5.74, 6) is -0.553. The number of hydrogen-bond acceptors (Lipinski definition) is 2. The summed E-state index contributed by atoms with van der Waals surface area (Å²) < 4.78 is 26.6. The third kappa shape index (κ3) is 3.77. The molecular weight excluding hydrogens is 324 g/mol. The average molecular weight is 341 g/mol. The van der Waals surface area contributed by atoms with E-state index in [1.807, 2.05) is 30.5 Å². The minimum Gasteiger partial charge on any atom is -0.373 e. The zero-order valence-corrected chi connectivity index (χ0v) is 14.0. The maximum absolute atomic E-state index is 13.3. The van der Waals surface area contributed by atoms with Crippen LogP contribution in [0.3, 0.4) is 0 Å². The molecular formula is C20H17F2NS. The second-order valence-corrected chi connectivity index (χ2v) is 6.23. The molecule has 3 rings (SSSR count). The fourth-order valence-corrected chi connectivity index (χ4v) is 3.15. The van der Waals surface area contributed by atoms with E-state index in [0.29, 0.717) is 0 Å². The van der Waals surface area contributed by atoms with E-state index in [1.165, 1.54) is 24.3 Å². The summed E-state index contributed by atoms with van der Waals surface area (Å²) in [5.41, 5.74) is 2.82. The standard InChI is InChI=1S/C20H17F2NS/c1-24-19-5-3-2-4-18(19)23-20(14-6-10-16(21)11-7-14)15-8-12-17(22)13-9-15/h2-13,20,23H,1H3. The van der Waals surface area contributed by atoms with Crippen molar-refractivity contribution >= 4 is 17.4 Å². The maximum Gasteiger partial charge on any atom is 0.123 e. The van der Waals surface area contributed by atoms with Crippen LogP contribution in [0.2, 0.25) is 0 Å². The van der Waals surface area contributed by atoms with Gasteiger partial charge in [0.2, 0.25) is 0 Å². The summed E-state index contributed by atoms with van der Waals surface area (Å²) in [6.07, 6.45) is 2.02. The Morgan fingerprint density at radius 3 is 1.75 bits per heavy atom. The van der Waals surface area contributed by atoms with E-state index in [4.69, 9.17) is 0 Å². The molecule has 3 aromatic carbocycles. The van der Waals surface area contributed by atoms with Crippen molar-refractivity contribution in [2.24, 2.45) is 0 Å². The Labute approximate surface area is 144 Å². The first kappa shape index (κ1) is 16.5. The lowest BCUT2D eigenvalue weighted by Crippen LogP contribution is -2.13. The van der Waals surface area contributed by atoms with Crippen molar-refractivity contribution in [1.29, 1.82) is 0 Å². The molecule has 24 heavy (non-hydrogen) atoms. The van der Waals surface area contributed by atoms with Crippen LogP contribution in [0.1, 0.15) is 17.2 Å². The molecule has 0 fully saturated rings. The van der Waals surface area contributed by atoms with Crippen LogP contribution in [0, 0.1) is 11.6 Å². The van der Waals surface area contributed by atoms with E-state index < -0.39 is 0 Å². The molecule has 0 aliphatic rings. The smallest absolute Gasteiger partial charge is 0.123 e. The number of benzene rings is 3.